The molecule has 0 aromatic heterocycles. The number of rotatable bonds is 8. The standard InChI is InChI=1S/C24H34O2.C22H34O5/c1-14-10-21(25)19(23(4,5)6)12-17(14)16(3)18-13-20(24(7,8)9)22(26)11-15(18)2;1-15-12-16(13-17(19(15)24)21(2,3)4)8-9-18(23)27-14-22(5,6)20-25-10-7-11-26-20/h10-13,16,25-26H,1-9H3;12-13,20,24H,7-11,14H2,1-6H3. The lowest BCUT2D eigenvalue weighted by molar-refractivity contribution is -0.237. The molecule has 0 atom stereocenters. The van der Waals surface area contributed by atoms with Crippen LogP contribution in [0, 0.1) is 26.2 Å². The van der Waals surface area contributed by atoms with Crippen LogP contribution in [0.1, 0.15) is 152 Å². The van der Waals surface area contributed by atoms with E-state index in [1.165, 1.54) is 11.1 Å². The molecule has 0 amide bonds. The Morgan fingerprint density at radius 2 is 1.15 bits per heavy atom. The maximum atomic E-state index is 12.2. The Kier molecular flexibility index (Phi) is 13.9. The van der Waals surface area contributed by atoms with Gasteiger partial charge in [0.05, 0.1) is 13.2 Å². The third-order valence-corrected chi connectivity index (χ3v) is 10.2. The van der Waals surface area contributed by atoms with Crippen molar-refractivity contribution in [2.75, 3.05) is 19.8 Å². The maximum Gasteiger partial charge on any atom is 0.306 e. The molecule has 0 saturated carbocycles. The van der Waals surface area contributed by atoms with E-state index in [9.17, 15) is 20.1 Å². The van der Waals surface area contributed by atoms with Crippen molar-refractivity contribution in [3.8, 4) is 17.2 Å². The first-order valence-electron chi connectivity index (χ1n) is 19.1. The highest BCUT2D eigenvalue weighted by Crippen LogP contribution is 2.41. The summed E-state index contributed by atoms with van der Waals surface area (Å²) >= 11 is 0. The van der Waals surface area contributed by atoms with Gasteiger partial charge in [-0.3, -0.25) is 4.79 Å². The molecule has 1 saturated heterocycles. The van der Waals surface area contributed by atoms with Crippen LogP contribution in [0.15, 0.2) is 36.4 Å². The molecule has 7 nitrogen and oxygen atoms in total. The maximum absolute atomic E-state index is 12.2. The highest BCUT2D eigenvalue weighted by Gasteiger charge is 2.34. The summed E-state index contributed by atoms with van der Waals surface area (Å²) in [7, 11) is 0. The van der Waals surface area contributed by atoms with Gasteiger partial charge in [0, 0.05) is 17.8 Å². The molecule has 1 aliphatic rings. The van der Waals surface area contributed by atoms with Crippen molar-refractivity contribution >= 4 is 5.97 Å². The van der Waals surface area contributed by atoms with Crippen molar-refractivity contribution in [2.24, 2.45) is 5.41 Å². The number of carbonyl (C=O) groups excluding carboxylic acids is 1. The number of esters is 1. The van der Waals surface area contributed by atoms with Crippen LogP contribution >= 0.6 is 0 Å². The summed E-state index contributed by atoms with van der Waals surface area (Å²) in [6.45, 7) is 32.7. The number of aryl methyl sites for hydroxylation is 4. The van der Waals surface area contributed by atoms with Crippen molar-refractivity contribution in [3.63, 3.8) is 0 Å². The molecule has 0 unspecified atom stereocenters. The van der Waals surface area contributed by atoms with Gasteiger partial charge in [-0.05, 0) is 112 Å². The average Bonchev–Trinajstić information content (AvgIpc) is 3.03. The first kappa shape index (κ1) is 43.9. The molecule has 1 aliphatic heterocycles. The first-order chi connectivity index (χ1) is 24.2. The molecule has 4 rings (SSSR count). The lowest BCUT2D eigenvalue weighted by Crippen LogP contribution is -2.41. The first-order valence-corrected chi connectivity index (χ1v) is 19.1. The van der Waals surface area contributed by atoms with Crippen LogP contribution in [-0.2, 0) is 41.7 Å². The number of hydrogen-bond donors (Lipinski definition) is 3. The lowest BCUT2D eigenvalue weighted by atomic mass is 9.78. The predicted octanol–water partition coefficient (Wildman–Crippen LogP) is 10.7. The zero-order valence-corrected chi connectivity index (χ0v) is 35.3. The molecule has 1 fully saturated rings. The van der Waals surface area contributed by atoms with E-state index >= 15 is 0 Å². The Bertz CT molecular complexity index is 1660. The van der Waals surface area contributed by atoms with Crippen LogP contribution in [0.5, 0.6) is 17.2 Å². The molecule has 3 N–H and O–H groups in total. The number of ether oxygens (including phenoxy) is 3. The van der Waals surface area contributed by atoms with Crippen molar-refractivity contribution in [3.05, 3.63) is 86.5 Å². The number of carbonyl (C=O) groups is 1. The van der Waals surface area contributed by atoms with Crippen LogP contribution in [-0.4, -0.2) is 47.4 Å². The minimum Gasteiger partial charge on any atom is -0.508 e. The molecular weight excluding hydrogens is 664 g/mol. The Morgan fingerprint density at radius 1 is 0.698 bits per heavy atom. The number of phenols is 3. The quantitative estimate of drug-likeness (QED) is 0.198. The van der Waals surface area contributed by atoms with E-state index < -0.39 is 0 Å². The van der Waals surface area contributed by atoms with Crippen molar-refractivity contribution in [1.29, 1.82) is 0 Å². The van der Waals surface area contributed by atoms with E-state index in [4.69, 9.17) is 14.2 Å². The van der Waals surface area contributed by atoms with E-state index in [0.717, 1.165) is 45.4 Å². The molecule has 0 aliphatic carbocycles. The van der Waals surface area contributed by atoms with Gasteiger partial charge < -0.3 is 29.5 Å². The summed E-state index contributed by atoms with van der Waals surface area (Å²) in [6, 6.07) is 12.0. The summed E-state index contributed by atoms with van der Waals surface area (Å²) in [4.78, 5) is 12.2. The predicted molar refractivity (Wildman–Crippen MR) is 216 cm³/mol. The SMILES string of the molecule is Cc1cc(CCC(=O)OCC(C)(C)C2OCCCO2)cc(C(C)(C)C)c1O.Cc1cc(O)c(C(C)(C)C)cc1C(C)c1cc(C(C)(C)C)c(O)cc1C. The van der Waals surface area contributed by atoms with E-state index in [0.29, 0.717) is 43.3 Å². The van der Waals surface area contributed by atoms with Crippen molar-refractivity contribution in [2.45, 2.75) is 152 Å². The van der Waals surface area contributed by atoms with Crippen LogP contribution in [0.3, 0.4) is 0 Å². The summed E-state index contributed by atoms with van der Waals surface area (Å²) in [5.41, 5.74) is 8.56. The van der Waals surface area contributed by atoms with Gasteiger partial charge in [0.25, 0.3) is 0 Å². The number of phenolic OH excluding ortho intramolecular Hbond substituents is 3. The second kappa shape index (κ2) is 16.9. The fourth-order valence-corrected chi connectivity index (χ4v) is 6.88. The second-order valence-corrected chi connectivity index (χ2v) is 18.8. The van der Waals surface area contributed by atoms with Crippen molar-refractivity contribution < 1.29 is 34.3 Å². The molecule has 53 heavy (non-hydrogen) atoms. The molecule has 294 valence electrons. The Balaban J connectivity index is 0.000000286. The third kappa shape index (κ3) is 11.5. The van der Waals surface area contributed by atoms with Gasteiger partial charge in [0.15, 0.2) is 6.29 Å². The van der Waals surface area contributed by atoms with Gasteiger partial charge in [-0.15, -0.1) is 0 Å². The lowest BCUT2D eigenvalue weighted by Gasteiger charge is -2.35. The van der Waals surface area contributed by atoms with Crippen LogP contribution in [0.2, 0.25) is 0 Å². The molecule has 0 bridgehead atoms. The van der Waals surface area contributed by atoms with E-state index in [2.05, 4.69) is 95.2 Å². The topological polar surface area (TPSA) is 105 Å². The molecule has 0 radical (unpaired) electrons. The fraction of sp³-hybridized carbons (Fsp3) is 0.587. The molecule has 3 aromatic rings. The second-order valence-electron chi connectivity index (χ2n) is 18.8. The normalized spacial score (nSPS) is 14.6. The summed E-state index contributed by atoms with van der Waals surface area (Å²) in [5.74, 6) is 1.01. The monoisotopic (exact) mass is 732 g/mol. The van der Waals surface area contributed by atoms with Crippen LogP contribution in [0.25, 0.3) is 0 Å². The van der Waals surface area contributed by atoms with E-state index in [1.807, 2.05) is 45.0 Å². The van der Waals surface area contributed by atoms with E-state index in [-0.39, 0.29) is 46.4 Å². The van der Waals surface area contributed by atoms with Gasteiger partial charge in [-0.25, -0.2) is 0 Å². The number of benzene rings is 3. The van der Waals surface area contributed by atoms with Gasteiger partial charge in [0.1, 0.15) is 23.9 Å². The minimum atomic E-state index is -0.384. The summed E-state index contributed by atoms with van der Waals surface area (Å²) in [6.07, 6.45) is 1.44. The van der Waals surface area contributed by atoms with Gasteiger partial charge >= 0.3 is 5.97 Å². The largest absolute Gasteiger partial charge is 0.508 e. The average molecular weight is 733 g/mol. The van der Waals surface area contributed by atoms with E-state index in [1.54, 1.807) is 0 Å². The fourth-order valence-electron chi connectivity index (χ4n) is 6.88. The van der Waals surface area contributed by atoms with Crippen LogP contribution in [0.4, 0.5) is 0 Å². The summed E-state index contributed by atoms with van der Waals surface area (Å²) in [5, 5.41) is 31.1. The van der Waals surface area contributed by atoms with Gasteiger partial charge in [-0.1, -0.05) is 107 Å². The van der Waals surface area contributed by atoms with Crippen molar-refractivity contribution in [1.82, 2.24) is 0 Å². The molecule has 3 aromatic carbocycles. The zero-order chi connectivity index (χ0) is 40.3. The highest BCUT2D eigenvalue weighted by molar-refractivity contribution is 5.69. The number of aromatic hydroxyl groups is 3. The van der Waals surface area contributed by atoms with Crippen LogP contribution < -0.4 is 0 Å². The highest BCUT2D eigenvalue weighted by atomic mass is 16.7. The van der Waals surface area contributed by atoms with Gasteiger partial charge in [-0.2, -0.15) is 0 Å². The summed E-state index contributed by atoms with van der Waals surface area (Å²) < 4.78 is 16.8. The molecule has 0 spiro atoms. The molecular formula is C46H68O7. The minimum absolute atomic E-state index is 0.118. The zero-order valence-electron chi connectivity index (χ0n) is 35.3. The number of hydrogen-bond acceptors (Lipinski definition) is 7. The smallest absolute Gasteiger partial charge is 0.306 e. The molecule has 1 heterocycles. The Hall–Kier alpha value is -3.55. The Morgan fingerprint density at radius 3 is 1.58 bits per heavy atom. The third-order valence-electron chi connectivity index (χ3n) is 10.2. The van der Waals surface area contributed by atoms with Gasteiger partial charge in [0.2, 0.25) is 0 Å². The molecule has 7 heteroatoms. The Labute approximate surface area is 320 Å².